The van der Waals surface area contributed by atoms with Gasteiger partial charge in [-0.1, -0.05) is 22.9 Å². The summed E-state index contributed by atoms with van der Waals surface area (Å²) in [5, 5.41) is 0.861. The van der Waals surface area contributed by atoms with Crippen molar-refractivity contribution in [3.8, 4) is 5.75 Å². The molecule has 3 aromatic rings. The van der Waals surface area contributed by atoms with E-state index in [4.69, 9.17) is 21.1 Å². The number of nitrogens with zero attached hydrogens (tertiary/aromatic N) is 3. The Morgan fingerprint density at radius 1 is 1.27 bits per heavy atom. The first-order valence-electron chi connectivity index (χ1n) is 10.2. The number of thiazole rings is 1. The van der Waals surface area contributed by atoms with Gasteiger partial charge in [-0.3, -0.25) is 14.6 Å². The highest BCUT2D eigenvalue weighted by molar-refractivity contribution is 7.23. The third kappa shape index (κ3) is 5.73. The molecule has 0 radical (unpaired) electrons. The highest BCUT2D eigenvalue weighted by atomic mass is 35.5. The van der Waals surface area contributed by atoms with E-state index < -0.39 is 17.5 Å². The highest BCUT2D eigenvalue weighted by Gasteiger charge is 2.25. The molecule has 0 saturated carbocycles. The average molecular weight is 518 g/mol. The van der Waals surface area contributed by atoms with Gasteiger partial charge in [0.15, 0.2) is 5.13 Å². The first-order valence-corrected chi connectivity index (χ1v) is 11.4. The lowest BCUT2D eigenvalue weighted by Gasteiger charge is -2.27. The second-order valence-corrected chi connectivity index (χ2v) is 8.70. The zero-order valence-corrected chi connectivity index (χ0v) is 20.2. The first kappa shape index (κ1) is 25.6. The quantitative estimate of drug-likeness (QED) is 0.440. The fourth-order valence-electron chi connectivity index (χ4n) is 3.59. The van der Waals surface area contributed by atoms with E-state index in [9.17, 15) is 13.6 Å². The van der Waals surface area contributed by atoms with E-state index in [0.29, 0.717) is 58.4 Å². The molecule has 0 bridgehead atoms. The number of halogens is 4. The van der Waals surface area contributed by atoms with E-state index in [-0.39, 0.29) is 18.0 Å². The van der Waals surface area contributed by atoms with Crippen molar-refractivity contribution in [3.63, 3.8) is 0 Å². The van der Waals surface area contributed by atoms with Crippen LogP contribution in [0.3, 0.4) is 0 Å². The first-order chi connectivity index (χ1) is 15.5. The van der Waals surface area contributed by atoms with Crippen LogP contribution < -0.4 is 9.64 Å². The number of amides is 1. The van der Waals surface area contributed by atoms with Gasteiger partial charge in [0.2, 0.25) is 0 Å². The summed E-state index contributed by atoms with van der Waals surface area (Å²) in [5.74, 6) is -1.71. The number of rotatable bonds is 7. The van der Waals surface area contributed by atoms with Gasteiger partial charge < -0.3 is 9.47 Å². The summed E-state index contributed by atoms with van der Waals surface area (Å²) in [5.41, 5.74) is 0.320. The van der Waals surface area contributed by atoms with Crippen LogP contribution in [0.2, 0.25) is 5.02 Å². The third-order valence-corrected chi connectivity index (χ3v) is 6.80. The number of methoxy groups -OCH3 is 1. The lowest BCUT2D eigenvalue weighted by atomic mass is 10.1. The fourth-order valence-corrected chi connectivity index (χ4v) is 4.87. The van der Waals surface area contributed by atoms with Crippen LogP contribution in [0.5, 0.6) is 5.75 Å². The molecule has 0 N–H and O–H groups in total. The van der Waals surface area contributed by atoms with Gasteiger partial charge in [-0.15, -0.1) is 12.4 Å². The van der Waals surface area contributed by atoms with Crippen molar-refractivity contribution in [1.82, 2.24) is 9.88 Å². The predicted octanol–water partition coefficient (Wildman–Crippen LogP) is 5.03. The Kier molecular flexibility index (Phi) is 8.83. The van der Waals surface area contributed by atoms with Crippen molar-refractivity contribution in [2.45, 2.75) is 6.42 Å². The summed E-state index contributed by atoms with van der Waals surface area (Å²) in [7, 11) is 1.53. The number of carbonyl (C=O) groups excluding carboxylic acids is 1. The molecule has 0 spiro atoms. The topological polar surface area (TPSA) is 54.9 Å². The smallest absolute Gasteiger partial charge is 0.263 e. The summed E-state index contributed by atoms with van der Waals surface area (Å²) in [6, 6.07) is 6.34. The van der Waals surface area contributed by atoms with Crippen molar-refractivity contribution < 1.29 is 23.0 Å². The molecule has 1 aliphatic heterocycles. The lowest BCUT2D eigenvalue weighted by molar-refractivity contribution is 0.0376. The number of benzene rings is 2. The zero-order chi connectivity index (χ0) is 22.7. The maximum Gasteiger partial charge on any atom is 0.263 e. The minimum atomic E-state index is -0.912. The van der Waals surface area contributed by atoms with Crippen molar-refractivity contribution >= 4 is 56.6 Å². The average Bonchev–Trinajstić information content (AvgIpc) is 3.23. The number of ether oxygens (including phenoxy) is 2. The summed E-state index contributed by atoms with van der Waals surface area (Å²) in [4.78, 5) is 21.6. The summed E-state index contributed by atoms with van der Waals surface area (Å²) in [6.45, 7) is 4.09. The van der Waals surface area contributed by atoms with Gasteiger partial charge in [-0.05, 0) is 30.7 Å². The largest absolute Gasteiger partial charge is 0.494 e. The number of hydrogen-bond donors (Lipinski definition) is 0. The summed E-state index contributed by atoms with van der Waals surface area (Å²) < 4.78 is 39.2. The number of morpholine rings is 1. The molecule has 178 valence electrons. The van der Waals surface area contributed by atoms with Gasteiger partial charge >= 0.3 is 0 Å². The number of hydrogen-bond acceptors (Lipinski definition) is 6. The van der Waals surface area contributed by atoms with Crippen LogP contribution in [-0.4, -0.2) is 62.3 Å². The zero-order valence-electron chi connectivity index (χ0n) is 17.9. The minimum absolute atomic E-state index is 0. The summed E-state index contributed by atoms with van der Waals surface area (Å²) >= 11 is 7.57. The normalized spacial score (nSPS) is 14.2. The van der Waals surface area contributed by atoms with Crippen LogP contribution in [0, 0.1) is 11.6 Å². The van der Waals surface area contributed by atoms with Crippen LogP contribution in [0.4, 0.5) is 13.9 Å². The van der Waals surface area contributed by atoms with Crippen molar-refractivity contribution in [3.05, 3.63) is 52.6 Å². The van der Waals surface area contributed by atoms with Gasteiger partial charge in [0.25, 0.3) is 5.91 Å². The Morgan fingerprint density at radius 3 is 2.73 bits per heavy atom. The van der Waals surface area contributed by atoms with Crippen LogP contribution in [-0.2, 0) is 4.74 Å². The van der Waals surface area contributed by atoms with Gasteiger partial charge in [0.1, 0.15) is 22.9 Å². The monoisotopic (exact) mass is 517 g/mol. The lowest BCUT2D eigenvalue weighted by Crippen LogP contribution is -2.39. The maximum absolute atomic E-state index is 14.4. The maximum atomic E-state index is 14.4. The molecule has 0 unspecified atom stereocenters. The van der Waals surface area contributed by atoms with E-state index in [1.54, 1.807) is 12.1 Å². The van der Waals surface area contributed by atoms with E-state index >= 15 is 0 Å². The van der Waals surface area contributed by atoms with E-state index in [1.165, 1.54) is 23.3 Å². The molecule has 1 aromatic heterocycles. The fraction of sp³-hybridized carbons (Fsp3) is 0.364. The van der Waals surface area contributed by atoms with E-state index in [0.717, 1.165) is 31.8 Å². The van der Waals surface area contributed by atoms with Gasteiger partial charge in [-0.2, -0.15) is 0 Å². The molecule has 6 nitrogen and oxygen atoms in total. The third-order valence-electron chi connectivity index (χ3n) is 5.26. The number of carbonyl (C=O) groups is 1. The Balaban J connectivity index is 0.00000306. The van der Waals surface area contributed by atoms with Gasteiger partial charge in [0, 0.05) is 32.2 Å². The van der Waals surface area contributed by atoms with Crippen LogP contribution in [0.1, 0.15) is 16.8 Å². The SMILES string of the molecule is COc1ccc(Cl)c2sc(N(CCCN3CCOCC3)C(=O)c3ccc(F)cc3F)nc12.Cl. The molecule has 1 fully saturated rings. The molecular formula is C22H23Cl2F2N3O3S. The molecule has 1 saturated heterocycles. The molecule has 1 aliphatic rings. The Hall–Kier alpha value is -2.04. The summed E-state index contributed by atoms with van der Waals surface area (Å²) in [6.07, 6.45) is 0.648. The van der Waals surface area contributed by atoms with Crippen molar-refractivity contribution in [1.29, 1.82) is 0 Å². The van der Waals surface area contributed by atoms with Crippen LogP contribution in [0.25, 0.3) is 10.2 Å². The molecule has 2 heterocycles. The second-order valence-electron chi connectivity index (χ2n) is 7.31. The second kappa shape index (κ2) is 11.4. The van der Waals surface area contributed by atoms with Crippen molar-refractivity contribution in [2.24, 2.45) is 0 Å². The Morgan fingerprint density at radius 2 is 2.03 bits per heavy atom. The van der Waals surface area contributed by atoms with E-state index in [2.05, 4.69) is 9.88 Å². The Bertz CT molecular complexity index is 1130. The molecule has 0 aliphatic carbocycles. The van der Waals surface area contributed by atoms with Crippen molar-refractivity contribution in [2.75, 3.05) is 51.4 Å². The van der Waals surface area contributed by atoms with Gasteiger partial charge in [0.05, 0.1) is 35.6 Å². The molecule has 11 heteroatoms. The Labute approximate surface area is 205 Å². The molecule has 0 atom stereocenters. The standard InChI is InChI=1S/C22H22ClF2N3O3S.ClH/c1-30-18-6-5-16(23)20-19(18)26-22(32-20)28(8-2-7-27-9-11-31-12-10-27)21(29)15-4-3-14(24)13-17(15)25;/h3-6,13H,2,7-12H2,1H3;1H. The van der Waals surface area contributed by atoms with Gasteiger partial charge in [-0.25, -0.2) is 13.8 Å². The molecule has 4 rings (SSSR count). The molecule has 2 aromatic carbocycles. The number of fused-ring (bicyclic) bond motifs is 1. The highest BCUT2D eigenvalue weighted by Crippen LogP contribution is 2.39. The van der Waals surface area contributed by atoms with Crippen LogP contribution in [0.15, 0.2) is 30.3 Å². The molecular weight excluding hydrogens is 495 g/mol. The van der Waals surface area contributed by atoms with E-state index in [1.807, 2.05) is 0 Å². The van der Waals surface area contributed by atoms with Crippen LogP contribution >= 0.6 is 35.3 Å². The molecule has 1 amide bonds. The minimum Gasteiger partial charge on any atom is -0.494 e. The number of anilines is 1. The number of aromatic nitrogens is 1. The predicted molar refractivity (Wildman–Crippen MR) is 128 cm³/mol. The molecule has 33 heavy (non-hydrogen) atoms.